The summed E-state index contributed by atoms with van der Waals surface area (Å²) in [6.45, 7) is 0. The standard InChI is InChI=1S/C12H12N2/c1-3-9-5-6-10-4-2-8-14-12(10)11(9)13-7-1/h1-4,7-8,13-14H,5-6H2. The van der Waals surface area contributed by atoms with E-state index in [0.29, 0.717) is 0 Å². The molecule has 0 radical (unpaired) electrons. The molecule has 0 fully saturated rings. The molecule has 2 heterocycles. The summed E-state index contributed by atoms with van der Waals surface area (Å²) in [7, 11) is 0. The predicted octanol–water partition coefficient (Wildman–Crippen LogP) is 2.08. The first-order valence-electron chi connectivity index (χ1n) is 4.95. The Labute approximate surface area is 83.4 Å². The molecule has 1 aliphatic carbocycles. The van der Waals surface area contributed by atoms with Gasteiger partial charge in [-0.05, 0) is 36.1 Å². The van der Waals surface area contributed by atoms with Crippen molar-refractivity contribution in [2.75, 3.05) is 0 Å². The molecular weight excluding hydrogens is 172 g/mol. The van der Waals surface area contributed by atoms with Gasteiger partial charge in [0, 0.05) is 12.4 Å². The number of hydrogen-bond acceptors (Lipinski definition) is 2. The van der Waals surface area contributed by atoms with Crippen LogP contribution in [0.3, 0.4) is 0 Å². The van der Waals surface area contributed by atoms with Gasteiger partial charge in [-0.3, -0.25) is 0 Å². The first-order valence-corrected chi connectivity index (χ1v) is 4.95. The van der Waals surface area contributed by atoms with Crippen LogP contribution in [0.4, 0.5) is 0 Å². The van der Waals surface area contributed by atoms with Crippen LogP contribution < -0.4 is 10.6 Å². The fourth-order valence-electron chi connectivity index (χ4n) is 2.09. The number of rotatable bonds is 0. The highest BCUT2D eigenvalue weighted by Gasteiger charge is 2.21. The normalized spacial score (nSPS) is 22.9. The third-order valence-corrected chi connectivity index (χ3v) is 2.80. The third-order valence-electron chi connectivity index (χ3n) is 2.80. The summed E-state index contributed by atoms with van der Waals surface area (Å²) >= 11 is 0. The fraction of sp³-hybridized carbons (Fsp3) is 0.167. The van der Waals surface area contributed by atoms with Crippen molar-refractivity contribution in [1.82, 2.24) is 10.6 Å². The minimum Gasteiger partial charge on any atom is -0.360 e. The highest BCUT2D eigenvalue weighted by atomic mass is 15.0. The second kappa shape index (κ2) is 2.91. The summed E-state index contributed by atoms with van der Waals surface area (Å²) in [4.78, 5) is 0. The van der Waals surface area contributed by atoms with Gasteiger partial charge >= 0.3 is 0 Å². The first-order chi connectivity index (χ1) is 6.95. The van der Waals surface area contributed by atoms with Gasteiger partial charge in [0.25, 0.3) is 0 Å². The lowest BCUT2D eigenvalue weighted by molar-refractivity contribution is 0.798. The highest BCUT2D eigenvalue weighted by Crippen LogP contribution is 2.33. The lowest BCUT2D eigenvalue weighted by Gasteiger charge is -2.28. The van der Waals surface area contributed by atoms with Crippen LogP contribution in [-0.4, -0.2) is 0 Å². The van der Waals surface area contributed by atoms with Crippen LogP contribution in [0, 0.1) is 0 Å². The van der Waals surface area contributed by atoms with E-state index in [9.17, 15) is 0 Å². The molecule has 0 amide bonds. The summed E-state index contributed by atoms with van der Waals surface area (Å²) in [5.74, 6) is 0. The SMILES string of the molecule is C1=CNC2=C3NC=CC=C3CCC2=C1. The van der Waals surface area contributed by atoms with Crippen molar-refractivity contribution in [1.29, 1.82) is 0 Å². The molecule has 2 nitrogen and oxygen atoms in total. The molecule has 70 valence electrons. The first kappa shape index (κ1) is 7.68. The van der Waals surface area contributed by atoms with Gasteiger partial charge < -0.3 is 10.6 Å². The monoisotopic (exact) mass is 184 g/mol. The predicted molar refractivity (Wildman–Crippen MR) is 57.0 cm³/mol. The van der Waals surface area contributed by atoms with Gasteiger partial charge in [0.1, 0.15) is 0 Å². The van der Waals surface area contributed by atoms with Crippen LogP contribution in [0.5, 0.6) is 0 Å². The van der Waals surface area contributed by atoms with Crippen LogP contribution in [-0.2, 0) is 0 Å². The van der Waals surface area contributed by atoms with Gasteiger partial charge in [-0.15, -0.1) is 0 Å². The Morgan fingerprint density at radius 3 is 1.79 bits per heavy atom. The van der Waals surface area contributed by atoms with Crippen LogP contribution in [0.2, 0.25) is 0 Å². The molecule has 0 unspecified atom stereocenters. The Kier molecular flexibility index (Phi) is 1.60. The second-order valence-corrected chi connectivity index (χ2v) is 3.64. The Morgan fingerprint density at radius 1 is 0.786 bits per heavy atom. The molecule has 0 aromatic rings. The van der Waals surface area contributed by atoms with Gasteiger partial charge in [0.05, 0.1) is 11.4 Å². The Bertz CT molecular complexity index is 380. The lowest BCUT2D eigenvalue weighted by Crippen LogP contribution is -2.25. The van der Waals surface area contributed by atoms with E-state index >= 15 is 0 Å². The van der Waals surface area contributed by atoms with E-state index in [4.69, 9.17) is 0 Å². The summed E-state index contributed by atoms with van der Waals surface area (Å²) < 4.78 is 0. The Balaban J connectivity index is 2.13. The van der Waals surface area contributed by atoms with Gasteiger partial charge in [0.2, 0.25) is 0 Å². The maximum Gasteiger partial charge on any atom is 0.0654 e. The van der Waals surface area contributed by atoms with Crippen LogP contribution in [0.1, 0.15) is 12.8 Å². The van der Waals surface area contributed by atoms with Gasteiger partial charge in [0.15, 0.2) is 0 Å². The van der Waals surface area contributed by atoms with Crippen molar-refractivity contribution in [3.8, 4) is 0 Å². The molecule has 3 rings (SSSR count). The molecule has 2 aliphatic heterocycles. The topological polar surface area (TPSA) is 24.1 Å². The molecule has 0 bridgehead atoms. The average molecular weight is 184 g/mol. The number of dihydropyridines is 2. The molecule has 2 N–H and O–H groups in total. The van der Waals surface area contributed by atoms with E-state index in [2.05, 4.69) is 34.9 Å². The smallest absolute Gasteiger partial charge is 0.0654 e. The van der Waals surface area contributed by atoms with Gasteiger partial charge in [-0.1, -0.05) is 12.2 Å². The Morgan fingerprint density at radius 2 is 1.29 bits per heavy atom. The fourth-order valence-corrected chi connectivity index (χ4v) is 2.09. The van der Waals surface area contributed by atoms with Crippen LogP contribution in [0.25, 0.3) is 0 Å². The highest BCUT2D eigenvalue weighted by molar-refractivity contribution is 5.52. The molecule has 0 atom stereocenters. The van der Waals surface area contributed by atoms with E-state index < -0.39 is 0 Å². The molecule has 0 aromatic carbocycles. The zero-order chi connectivity index (χ0) is 9.38. The third kappa shape index (κ3) is 1.04. The van der Waals surface area contributed by atoms with E-state index in [1.807, 2.05) is 12.4 Å². The van der Waals surface area contributed by atoms with Crippen molar-refractivity contribution in [2.45, 2.75) is 12.8 Å². The molecular formula is C12H12N2. The zero-order valence-electron chi connectivity index (χ0n) is 7.88. The van der Waals surface area contributed by atoms with E-state index in [0.717, 1.165) is 12.8 Å². The van der Waals surface area contributed by atoms with E-state index in [1.54, 1.807) is 0 Å². The van der Waals surface area contributed by atoms with Gasteiger partial charge in [-0.2, -0.15) is 0 Å². The Hall–Kier alpha value is -1.70. The van der Waals surface area contributed by atoms with Crippen molar-refractivity contribution in [3.63, 3.8) is 0 Å². The number of allylic oxidation sites excluding steroid dienone is 6. The molecule has 0 spiro atoms. The van der Waals surface area contributed by atoms with Crippen molar-refractivity contribution >= 4 is 0 Å². The van der Waals surface area contributed by atoms with Gasteiger partial charge in [-0.25, -0.2) is 0 Å². The van der Waals surface area contributed by atoms with E-state index in [1.165, 1.54) is 22.5 Å². The maximum absolute atomic E-state index is 3.31. The van der Waals surface area contributed by atoms with Crippen molar-refractivity contribution < 1.29 is 0 Å². The second-order valence-electron chi connectivity index (χ2n) is 3.64. The lowest BCUT2D eigenvalue weighted by atomic mass is 9.89. The summed E-state index contributed by atoms with van der Waals surface area (Å²) in [5.41, 5.74) is 5.30. The zero-order valence-corrected chi connectivity index (χ0v) is 7.88. The number of fused-ring (bicyclic) bond motifs is 2. The molecule has 0 saturated heterocycles. The van der Waals surface area contributed by atoms with Crippen molar-refractivity contribution in [3.05, 3.63) is 59.2 Å². The number of nitrogens with one attached hydrogen (secondary N) is 2. The number of hydrogen-bond donors (Lipinski definition) is 2. The maximum atomic E-state index is 3.31. The summed E-state index contributed by atoms with van der Waals surface area (Å²) in [6, 6.07) is 0. The van der Waals surface area contributed by atoms with Crippen LogP contribution >= 0.6 is 0 Å². The minimum atomic E-state index is 1.14. The quantitative estimate of drug-likeness (QED) is 0.602. The largest absolute Gasteiger partial charge is 0.360 e. The van der Waals surface area contributed by atoms with Crippen LogP contribution in [0.15, 0.2) is 59.2 Å². The summed E-state index contributed by atoms with van der Waals surface area (Å²) in [5, 5.41) is 6.63. The molecule has 0 aromatic heterocycles. The van der Waals surface area contributed by atoms with Crippen molar-refractivity contribution in [2.24, 2.45) is 0 Å². The minimum absolute atomic E-state index is 1.14. The molecule has 0 saturated carbocycles. The molecule has 14 heavy (non-hydrogen) atoms. The van der Waals surface area contributed by atoms with E-state index in [-0.39, 0.29) is 0 Å². The summed E-state index contributed by atoms with van der Waals surface area (Å²) in [6.07, 6.45) is 14.7. The molecule has 2 heteroatoms. The molecule has 3 aliphatic rings. The average Bonchev–Trinajstić information content (AvgIpc) is 2.29.